The van der Waals surface area contributed by atoms with Crippen molar-refractivity contribution in [3.05, 3.63) is 63.2 Å². The molecule has 12 nitrogen and oxygen atoms in total. The molecule has 0 radical (unpaired) electrons. The van der Waals surface area contributed by atoms with Gasteiger partial charge in [-0.3, -0.25) is 23.7 Å². The Labute approximate surface area is 219 Å². The highest BCUT2D eigenvalue weighted by molar-refractivity contribution is 7.54. The summed E-state index contributed by atoms with van der Waals surface area (Å²) in [6.07, 6.45) is -7.33. The standard InChI is InChI=1S/C23H30F2N3O9P/c1-13(2)35-20(31)14(3)11-38(33,37-15-7-5-4-6-8-15)34-10-17-18(29)23(26,12-24)21(36-17)28-9-16(25)19(30)27-22(28)32/h4-9,13-14,17-18,21,29H,10-12,26H2,1-3H3,(H,27,30,32)/t14-,17-,18+,21-,23?,38+/m1/s1/i10D2. The van der Waals surface area contributed by atoms with Gasteiger partial charge in [-0.1, -0.05) is 25.1 Å². The Morgan fingerprint density at radius 1 is 1.34 bits per heavy atom. The zero-order valence-electron chi connectivity index (χ0n) is 22.7. The van der Waals surface area contributed by atoms with Gasteiger partial charge in [0.1, 0.15) is 30.2 Å². The molecule has 1 aliphatic heterocycles. The molecule has 0 bridgehead atoms. The van der Waals surface area contributed by atoms with Crippen molar-refractivity contribution in [1.29, 1.82) is 0 Å². The number of nitrogens with zero attached hydrogens (tertiary/aromatic N) is 1. The van der Waals surface area contributed by atoms with E-state index in [1.165, 1.54) is 31.2 Å². The molecule has 1 aromatic heterocycles. The number of carbonyl (C=O) groups excluding carboxylic acids is 1. The summed E-state index contributed by atoms with van der Waals surface area (Å²) >= 11 is 0. The largest absolute Gasteiger partial charge is 0.463 e. The molecule has 2 aromatic rings. The van der Waals surface area contributed by atoms with E-state index in [2.05, 4.69) is 0 Å². The van der Waals surface area contributed by atoms with Gasteiger partial charge in [0.25, 0.3) is 5.56 Å². The average Bonchev–Trinajstić information content (AvgIpc) is 3.12. The molecule has 1 aliphatic rings. The molecular weight excluding hydrogens is 531 g/mol. The second-order valence-electron chi connectivity index (χ2n) is 9.04. The minimum atomic E-state index is -4.64. The Hall–Kier alpha value is -2.90. The first-order valence-corrected chi connectivity index (χ1v) is 13.2. The molecule has 3 rings (SSSR count). The van der Waals surface area contributed by atoms with E-state index in [9.17, 15) is 32.8 Å². The second-order valence-corrected chi connectivity index (χ2v) is 11.0. The smallest absolute Gasteiger partial charge is 0.380 e. The first-order chi connectivity index (χ1) is 18.5. The Morgan fingerprint density at radius 2 is 2.00 bits per heavy atom. The van der Waals surface area contributed by atoms with E-state index in [0.29, 0.717) is 10.8 Å². The number of aromatic nitrogens is 2. The van der Waals surface area contributed by atoms with Gasteiger partial charge in [-0.05, 0) is 26.0 Å². The number of aliphatic hydroxyl groups is 1. The predicted molar refractivity (Wildman–Crippen MR) is 130 cm³/mol. The van der Waals surface area contributed by atoms with Crippen LogP contribution < -0.4 is 21.5 Å². The maximum absolute atomic E-state index is 14.2. The molecular formula is C23H30F2N3O9P. The number of alkyl halides is 1. The molecule has 1 aromatic carbocycles. The van der Waals surface area contributed by atoms with Gasteiger partial charge in [0, 0.05) is 0 Å². The normalized spacial score (nSPS) is 26.8. The zero-order valence-corrected chi connectivity index (χ0v) is 21.6. The number of rotatable bonds is 11. The molecule has 1 fully saturated rings. The molecule has 2 heterocycles. The van der Waals surface area contributed by atoms with Crippen LogP contribution in [0.15, 0.2) is 46.1 Å². The number of halogens is 2. The van der Waals surface area contributed by atoms with E-state index in [4.69, 9.17) is 27.0 Å². The highest BCUT2D eigenvalue weighted by Gasteiger charge is 2.56. The Morgan fingerprint density at radius 3 is 2.61 bits per heavy atom. The van der Waals surface area contributed by atoms with E-state index in [0.717, 1.165) is 0 Å². The number of aliphatic hydroxyl groups excluding tert-OH is 1. The topological polar surface area (TPSA) is 172 Å². The molecule has 0 aliphatic carbocycles. The molecule has 1 saturated heterocycles. The lowest BCUT2D eigenvalue weighted by Gasteiger charge is -2.30. The lowest BCUT2D eigenvalue weighted by molar-refractivity contribution is -0.151. The van der Waals surface area contributed by atoms with Crippen LogP contribution >= 0.6 is 7.60 Å². The van der Waals surface area contributed by atoms with E-state index in [-0.39, 0.29) is 5.75 Å². The van der Waals surface area contributed by atoms with Crippen molar-refractivity contribution in [2.45, 2.75) is 50.8 Å². The number of esters is 1. The van der Waals surface area contributed by atoms with Gasteiger partial charge in [-0.15, -0.1) is 0 Å². The fourth-order valence-corrected chi connectivity index (χ4v) is 5.30. The minimum Gasteiger partial charge on any atom is -0.463 e. The maximum atomic E-state index is 14.2. The number of para-hydroxylation sites is 1. The quantitative estimate of drug-likeness (QED) is 0.269. The van der Waals surface area contributed by atoms with Gasteiger partial charge in [0.15, 0.2) is 6.23 Å². The fourth-order valence-electron chi connectivity index (χ4n) is 3.59. The number of H-pyrrole nitrogens is 1. The van der Waals surface area contributed by atoms with E-state index in [1.54, 1.807) is 24.9 Å². The SMILES string of the molecule is [2H]C([2H])(O[P@@](=O)(C[C@@H](C)C(=O)OC(C)C)Oc1ccccc1)[C@H]1O[C@@H](n2cc(F)c(=O)[nH]c2=O)C(N)(CF)[C@H]1O. The molecule has 0 saturated carbocycles. The molecule has 6 atom stereocenters. The third kappa shape index (κ3) is 6.56. The van der Waals surface area contributed by atoms with Gasteiger partial charge in [0.2, 0.25) is 5.82 Å². The van der Waals surface area contributed by atoms with Crippen LogP contribution in [0.5, 0.6) is 5.75 Å². The molecule has 4 N–H and O–H groups in total. The summed E-state index contributed by atoms with van der Waals surface area (Å²) in [7, 11) is -4.64. The van der Waals surface area contributed by atoms with Crippen LogP contribution in [0.2, 0.25) is 0 Å². The van der Waals surface area contributed by atoms with Crippen molar-refractivity contribution in [2.75, 3.05) is 19.4 Å². The highest BCUT2D eigenvalue weighted by Crippen LogP contribution is 2.51. The molecule has 38 heavy (non-hydrogen) atoms. The van der Waals surface area contributed by atoms with Crippen molar-refractivity contribution in [3.63, 3.8) is 0 Å². The summed E-state index contributed by atoms with van der Waals surface area (Å²) in [5.74, 6) is -3.36. The number of nitrogens with two attached hydrogens (primary N) is 1. The van der Waals surface area contributed by atoms with Crippen LogP contribution in [0.3, 0.4) is 0 Å². The maximum Gasteiger partial charge on any atom is 0.380 e. The number of nitrogens with one attached hydrogen (secondary N) is 1. The molecule has 15 heteroatoms. The summed E-state index contributed by atoms with van der Waals surface area (Å²) in [5.41, 5.74) is 0.747. The monoisotopic (exact) mass is 563 g/mol. The number of benzene rings is 1. The Kier molecular flexibility index (Phi) is 8.34. The summed E-state index contributed by atoms with van der Waals surface area (Å²) < 4.78 is 80.6. The van der Waals surface area contributed by atoms with Crippen LogP contribution in [-0.4, -0.2) is 63.9 Å². The van der Waals surface area contributed by atoms with Crippen molar-refractivity contribution < 1.29 is 44.5 Å². The first-order valence-electron chi connectivity index (χ1n) is 12.5. The van der Waals surface area contributed by atoms with Gasteiger partial charge in [-0.2, -0.15) is 4.39 Å². The third-order valence-corrected chi connectivity index (χ3v) is 7.40. The summed E-state index contributed by atoms with van der Waals surface area (Å²) in [6.45, 7) is -0.316. The van der Waals surface area contributed by atoms with Crippen molar-refractivity contribution in [1.82, 2.24) is 9.55 Å². The van der Waals surface area contributed by atoms with Crippen LogP contribution in [0.4, 0.5) is 8.78 Å². The van der Waals surface area contributed by atoms with Crippen molar-refractivity contribution in [2.24, 2.45) is 11.7 Å². The zero-order chi connectivity index (χ0) is 30.0. The third-order valence-electron chi connectivity index (χ3n) is 5.53. The van der Waals surface area contributed by atoms with E-state index in [1.807, 2.05) is 0 Å². The number of ether oxygens (including phenoxy) is 2. The van der Waals surface area contributed by atoms with Gasteiger partial charge < -0.3 is 24.8 Å². The Balaban J connectivity index is 1.98. The summed E-state index contributed by atoms with van der Waals surface area (Å²) in [5, 5.41) is 10.9. The summed E-state index contributed by atoms with van der Waals surface area (Å²) in [4.78, 5) is 37.8. The number of aromatic amines is 1. The van der Waals surface area contributed by atoms with E-state index < -0.39 is 86.0 Å². The second kappa shape index (κ2) is 11.9. The van der Waals surface area contributed by atoms with Crippen LogP contribution in [0.1, 0.15) is 29.7 Å². The predicted octanol–water partition coefficient (Wildman–Crippen LogP) is 1.48. The Bertz CT molecular complexity index is 1380. The van der Waals surface area contributed by atoms with Crippen LogP contribution in [0, 0.1) is 11.7 Å². The fraction of sp³-hybridized carbons (Fsp3) is 0.522. The lowest BCUT2D eigenvalue weighted by Crippen LogP contribution is -2.58. The molecule has 210 valence electrons. The number of carbonyl (C=O) groups is 1. The average molecular weight is 563 g/mol. The van der Waals surface area contributed by atoms with Crippen LogP contribution in [0.25, 0.3) is 0 Å². The first kappa shape index (κ1) is 26.7. The van der Waals surface area contributed by atoms with Gasteiger partial charge in [0.05, 0.1) is 33.7 Å². The molecule has 0 amide bonds. The van der Waals surface area contributed by atoms with Gasteiger partial charge in [-0.25, -0.2) is 13.8 Å². The molecule has 1 unspecified atom stereocenters. The lowest BCUT2D eigenvalue weighted by atomic mass is 9.92. The number of hydrogen-bond donors (Lipinski definition) is 3. The summed E-state index contributed by atoms with van der Waals surface area (Å²) in [6, 6.07) is 7.48. The molecule has 0 spiro atoms. The van der Waals surface area contributed by atoms with E-state index >= 15 is 0 Å². The highest BCUT2D eigenvalue weighted by atomic mass is 31.2. The number of hydrogen-bond acceptors (Lipinski definition) is 10. The van der Waals surface area contributed by atoms with Crippen molar-refractivity contribution >= 4 is 13.6 Å². The van der Waals surface area contributed by atoms with Gasteiger partial charge >= 0.3 is 19.3 Å². The van der Waals surface area contributed by atoms with Crippen molar-refractivity contribution in [3.8, 4) is 5.75 Å². The minimum absolute atomic E-state index is 0.0102. The van der Waals surface area contributed by atoms with Crippen LogP contribution in [-0.2, 0) is 23.4 Å².